The van der Waals surface area contributed by atoms with Gasteiger partial charge in [-0.1, -0.05) is 60.1 Å². The molecule has 1 atom stereocenters. The second kappa shape index (κ2) is 11.7. The van der Waals surface area contributed by atoms with Crippen molar-refractivity contribution in [2.24, 2.45) is 0 Å². The zero-order valence-electron chi connectivity index (χ0n) is 19.4. The van der Waals surface area contributed by atoms with E-state index in [0.717, 1.165) is 30.0 Å². The van der Waals surface area contributed by atoms with Crippen LogP contribution in [0.25, 0.3) is 0 Å². The van der Waals surface area contributed by atoms with Crippen molar-refractivity contribution in [3.05, 3.63) is 125 Å². The van der Waals surface area contributed by atoms with Gasteiger partial charge in [0.1, 0.15) is 11.1 Å². The maximum absolute atomic E-state index is 14.0. The van der Waals surface area contributed by atoms with Gasteiger partial charge in [-0.05, 0) is 54.1 Å². The van der Waals surface area contributed by atoms with Gasteiger partial charge in [-0.3, -0.25) is 9.59 Å². The topological polar surface area (TPSA) is 58.2 Å². The van der Waals surface area contributed by atoms with Gasteiger partial charge in [0.2, 0.25) is 5.91 Å². The molecule has 2 N–H and O–H groups in total. The first kappa shape index (κ1) is 27.2. The van der Waals surface area contributed by atoms with Crippen molar-refractivity contribution in [1.29, 1.82) is 0 Å². The molecule has 4 aromatic carbocycles. The molecule has 0 aliphatic carbocycles. The van der Waals surface area contributed by atoms with Gasteiger partial charge in [0.15, 0.2) is 0 Å². The Labute approximate surface area is 225 Å². The highest BCUT2D eigenvalue weighted by molar-refractivity contribution is 8.00. The number of nitrogens with one attached hydrogen (secondary N) is 2. The van der Waals surface area contributed by atoms with E-state index in [0.29, 0.717) is 16.1 Å². The molecule has 0 spiro atoms. The van der Waals surface area contributed by atoms with E-state index in [1.54, 1.807) is 60.7 Å². The van der Waals surface area contributed by atoms with Crippen molar-refractivity contribution in [2.45, 2.75) is 16.3 Å². The van der Waals surface area contributed by atoms with E-state index in [-0.39, 0.29) is 16.3 Å². The van der Waals surface area contributed by atoms with E-state index in [9.17, 15) is 27.2 Å². The van der Waals surface area contributed by atoms with Gasteiger partial charge in [0, 0.05) is 10.6 Å². The van der Waals surface area contributed by atoms with Crippen molar-refractivity contribution >= 4 is 46.6 Å². The number of halogens is 5. The second-order valence-electron chi connectivity index (χ2n) is 8.05. The maximum Gasteiger partial charge on any atom is 0.416 e. The van der Waals surface area contributed by atoms with Crippen LogP contribution in [0.15, 0.2) is 102 Å². The van der Waals surface area contributed by atoms with Gasteiger partial charge in [-0.25, -0.2) is 4.39 Å². The van der Waals surface area contributed by atoms with Crippen LogP contribution in [0, 0.1) is 5.82 Å². The lowest BCUT2D eigenvalue weighted by Crippen LogP contribution is -2.20. The molecule has 0 fully saturated rings. The van der Waals surface area contributed by atoms with E-state index < -0.39 is 34.6 Å². The molecule has 0 aliphatic rings. The number of rotatable bonds is 7. The first-order valence-electron chi connectivity index (χ1n) is 11.2. The minimum atomic E-state index is -4.61. The molecule has 4 nitrogen and oxygen atoms in total. The minimum Gasteiger partial charge on any atom is -0.323 e. The van der Waals surface area contributed by atoms with Gasteiger partial charge in [0.25, 0.3) is 5.91 Å². The van der Waals surface area contributed by atoms with Crippen LogP contribution < -0.4 is 10.6 Å². The summed E-state index contributed by atoms with van der Waals surface area (Å²) in [5.41, 5.74) is -0.265. The number of carbonyl (C=O) groups is 2. The summed E-state index contributed by atoms with van der Waals surface area (Å²) in [4.78, 5) is 26.4. The van der Waals surface area contributed by atoms with Crippen molar-refractivity contribution in [2.75, 3.05) is 10.6 Å². The summed E-state index contributed by atoms with van der Waals surface area (Å²) in [6.45, 7) is 0. The molecule has 0 radical (unpaired) electrons. The molecule has 0 saturated carbocycles. The highest BCUT2D eigenvalue weighted by Crippen LogP contribution is 2.39. The molecule has 10 heteroatoms. The van der Waals surface area contributed by atoms with Crippen LogP contribution >= 0.6 is 23.4 Å². The summed E-state index contributed by atoms with van der Waals surface area (Å²) >= 11 is 7.20. The molecule has 0 aliphatic heterocycles. The van der Waals surface area contributed by atoms with Crippen molar-refractivity contribution < 1.29 is 27.2 Å². The molecule has 0 bridgehead atoms. The van der Waals surface area contributed by atoms with E-state index in [1.165, 1.54) is 18.2 Å². The van der Waals surface area contributed by atoms with E-state index >= 15 is 0 Å². The van der Waals surface area contributed by atoms with Gasteiger partial charge in [0.05, 0.1) is 21.8 Å². The Morgan fingerprint density at radius 3 is 2.24 bits per heavy atom. The molecule has 0 heterocycles. The molecule has 38 heavy (non-hydrogen) atoms. The molecule has 0 aromatic heterocycles. The fraction of sp³-hybridized carbons (Fsp3) is 0.0714. The van der Waals surface area contributed by atoms with Crippen LogP contribution in [0.1, 0.15) is 26.7 Å². The number of alkyl halides is 3. The van der Waals surface area contributed by atoms with E-state index in [4.69, 9.17) is 11.6 Å². The fourth-order valence-electron chi connectivity index (χ4n) is 3.52. The third-order valence-electron chi connectivity index (χ3n) is 5.36. The number of hydrogen-bond acceptors (Lipinski definition) is 3. The summed E-state index contributed by atoms with van der Waals surface area (Å²) < 4.78 is 53.6. The van der Waals surface area contributed by atoms with Crippen molar-refractivity contribution in [3.63, 3.8) is 0 Å². The predicted molar refractivity (Wildman–Crippen MR) is 141 cm³/mol. The quantitative estimate of drug-likeness (QED) is 0.177. The van der Waals surface area contributed by atoms with Crippen LogP contribution in [0.2, 0.25) is 5.02 Å². The first-order valence-corrected chi connectivity index (χ1v) is 12.4. The fourth-order valence-corrected chi connectivity index (χ4v) is 4.77. The Hall–Kier alpha value is -3.82. The highest BCUT2D eigenvalue weighted by Gasteiger charge is 2.31. The van der Waals surface area contributed by atoms with Crippen molar-refractivity contribution in [1.82, 2.24) is 0 Å². The largest absolute Gasteiger partial charge is 0.416 e. The lowest BCUT2D eigenvalue weighted by atomic mass is 10.1. The van der Waals surface area contributed by atoms with Crippen molar-refractivity contribution in [3.8, 4) is 0 Å². The molecule has 1 unspecified atom stereocenters. The Kier molecular flexibility index (Phi) is 8.38. The Morgan fingerprint density at radius 1 is 0.816 bits per heavy atom. The number of amides is 2. The summed E-state index contributed by atoms with van der Waals surface area (Å²) in [6, 6.07) is 23.5. The van der Waals surface area contributed by atoms with Crippen LogP contribution in [0.3, 0.4) is 0 Å². The lowest BCUT2D eigenvalue weighted by molar-refractivity contribution is -0.137. The number of carbonyl (C=O) groups excluding carboxylic acids is 2. The Bertz CT molecular complexity index is 1460. The van der Waals surface area contributed by atoms with Gasteiger partial charge >= 0.3 is 6.18 Å². The smallest absolute Gasteiger partial charge is 0.323 e. The number of anilines is 2. The van der Waals surface area contributed by atoms with Crippen LogP contribution in [-0.4, -0.2) is 11.8 Å². The number of hydrogen-bond donors (Lipinski definition) is 2. The Morgan fingerprint density at radius 2 is 1.53 bits per heavy atom. The Balaban J connectivity index is 1.58. The molecule has 2 amide bonds. The molecular weight excluding hydrogens is 540 g/mol. The molecule has 0 saturated heterocycles. The van der Waals surface area contributed by atoms with Crippen LogP contribution in [0.5, 0.6) is 0 Å². The third kappa shape index (κ3) is 6.73. The molecule has 194 valence electrons. The normalized spacial score (nSPS) is 12.0. The molecule has 4 aromatic rings. The summed E-state index contributed by atoms with van der Waals surface area (Å²) in [7, 11) is 0. The monoisotopic (exact) mass is 558 g/mol. The summed E-state index contributed by atoms with van der Waals surface area (Å²) in [6.07, 6.45) is -4.61. The second-order valence-corrected chi connectivity index (χ2v) is 9.64. The standard InChI is InChI=1S/C28H19ClF4N2O2S/c29-22-14-13-18(28(31,32)33)15-24(22)35-27(37)25(17-7-2-1-3-8-17)38-20-10-6-9-19(16-20)34-26(36)21-11-4-5-12-23(21)30/h1-16,25H,(H,34,36)(H,35,37). The third-order valence-corrected chi connectivity index (χ3v) is 6.93. The highest BCUT2D eigenvalue weighted by atomic mass is 35.5. The average Bonchev–Trinajstić information content (AvgIpc) is 2.89. The van der Waals surface area contributed by atoms with Crippen LogP contribution in [0.4, 0.5) is 28.9 Å². The minimum absolute atomic E-state index is 0.0407. The van der Waals surface area contributed by atoms with Gasteiger partial charge in [-0.15, -0.1) is 11.8 Å². The SMILES string of the molecule is O=C(Nc1cccc(SC(C(=O)Nc2cc(C(F)(F)F)ccc2Cl)c2ccccc2)c1)c1ccccc1F. The van der Waals surface area contributed by atoms with Crippen LogP contribution in [-0.2, 0) is 11.0 Å². The predicted octanol–water partition coefficient (Wildman–Crippen LogP) is 8.22. The zero-order valence-corrected chi connectivity index (χ0v) is 21.0. The number of benzene rings is 4. The first-order chi connectivity index (χ1) is 18.1. The lowest BCUT2D eigenvalue weighted by Gasteiger charge is -2.19. The summed E-state index contributed by atoms with van der Waals surface area (Å²) in [5, 5.41) is 4.23. The maximum atomic E-state index is 14.0. The van der Waals surface area contributed by atoms with Gasteiger partial charge < -0.3 is 10.6 Å². The van der Waals surface area contributed by atoms with E-state index in [2.05, 4.69) is 10.6 Å². The average molecular weight is 559 g/mol. The summed E-state index contributed by atoms with van der Waals surface area (Å²) in [5.74, 6) is -1.89. The molecule has 4 rings (SSSR count). The van der Waals surface area contributed by atoms with Gasteiger partial charge in [-0.2, -0.15) is 13.2 Å². The van der Waals surface area contributed by atoms with E-state index in [1.807, 2.05) is 0 Å². The number of thioether (sulfide) groups is 1. The molecular formula is C28H19ClF4N2O2S. The zero-order chi connectivity index (χ0) is 27.3.